The smallest absolute Gasteiger partial charge is 0.317 e. The van der Waals surface area contributed by atoms with E-state index in [1.807, 2.05) is 12.1 Å². The molecule has 4 nitrogen and oxygen atoms in total. The number of benzene rings is 1. The van der Waals surface area contributed by atoms with Crippen LogP contribution in [0.5, 0.6) is 0 Å². The van der Waals surface area contributed by atoms with Gasteiger partial charge in [-0.05, 0) is 37.3 Å². The van der Waals surface area contributed by atoms with Crippen LogP contribution in [0.25, 0.3) is 0 Å². The van der Waals surface area contributed by atoms with E-state index in [-0.39, 0.29) is 29.3 Å². The van der Waals surface area contributed by atoms with Gasteiger partial charge in [0.2, 0.25) is 0 Å². The minimum absolute atomic E-state index is 0.143. The number of halogens is 1. The molecule has 5 heteroatoms. The molecular formula is C19H27FN2O2. The molecule has 2 unspecified atom stereocenters. The van der Waals surface area contributed by atoms with Crippen molar-refractivity contribution in [2.75, 3.05) is 20.1 Å². The molecule has 1 aromatic carbocycles. The Bertz CT molecular complexity index is 588. The molecule has 1 aromatic rings. The number of nitrogens with zero attached hydrogens (tertiary/aromatic N) is 1. The normalized spacial score (nSPS) is 25.1. The molecule has 2 aliphatic rings. The first-order valence-corrected chi connectivity index (χ1v) is 8.94. The van der Waals surface area contributed by atoms with Crippen molar-refractivity contribution in [3.63, 3.8) is 0 Å². The highest BCUT2D eigenvalue weighted by molar-refractivity contribution is 5.74. The standard InChI is InChI=1S/C19H27FN2O2/c1-22(12-14-6-2-5-9-17(14)23)18(24)21-13-19(10-11-19)15-7-3-4-8-16(15)20/h3-4,7-8,14,17,23H,2,5-6,9-13H2,1H3,(H,21,24). The highest BCUT2D eigenvalue weighted by Crippen LogP contribution is 2.48. The molecule has 2 saturated carbocycles. The third-order valence-corrected chi connectivity index (χ3v) is 5.60. The first-order valence-electron chi connectivity index (χ1n) is 8.94. The Labute approximate surface area is 143 Å². The number of nitrogens with one attached hydrogen (secondary N) is 1. The van der Waals surface area contributed by atoms with Crippen LogP contribution in [-0.4, -0.2) is 42.3 Å². The van der Waals surface area contributed by atoms with Gasteiger partial charge in [0.1, 0.15) is 5.82 Å². The highest BCUT2D eigenvalue weighted by atomic mass is 19.1. The van der Waals surface area contributed by atoms with Crippen molar-refractivity contribution in [3.05, 3.63) is 35.6 Å². The first kappa shape index (κ1) is 17.2. The number of hydrogen-bond acceptors (Lipinski definition) is 2. The fraction of sp³-hybridized carbons (Fsp3) is 0.632. The summed E-state index contributed by atoms with van der Waals surface area (Å²) in [5.74, 6) is -0.0288. The number of rotatable bonds is 5. The maximum absolute atomic E-state index is 14.0. The van der Waals surface area contributed by atoms with Crippen molar-refractivity contribution in [1.29, 1.82) is 0 Å². The molecule has 132 valence electrons. The SMILES string of the molecule is CN(CC1CCCCC1O)C(=O)NCC1(c2ccccc2F)CC1. The second kappa shape index (κ2) is 7.09. The fourth-order valence-electron chi connectivity index (χ4n) is 3.80. The van der Waals surface area contributed by atoms with Gasteiger partial charge >= 0.3 is 6.03 Å². The largest absolute Gasteiger partial charge is 0.393 e. The van der Waals surface area contributed by atoms with E-state index in [9.17, 15) is 14.3 Å². The van der Waals surface area contributed by atoms with Crippen LogP contribution in [0.3, 0.4) is 0 Å². The summed E-state index contributed by atoms with van der Waals surface area (Å²) in [6.45, 7) is 1.03. The van der Waals surface area contributed by atoms with Crippen molar-refractivity contribution in [1.82, 2.24) is 10.2 Å². The zero-order valence-electron chi connectivity index (χ0n) is 14.3. The topological polar surface area (TPSA) is 52.6 Å². The average molecular weight is 334 g/mol. The number of amides is 2. The lowest BCUT2D eigenvalue weighted by atomic mass is 9.86. The fourth-order valence-corrected chi connectivity index (χ4v) is 3.80. The van der Waals surface area contributed by atoms with Gasteiger partial charge in [0.15, 0.2) is 0 Å². The number of hydrogen-bond donors (Lipinski definition) is 2. The molecule has 0 spiro atoms. The molecular weight excluding hydrogens is 307 g/mol. The second-order valence-corrected chi connectivity index (χ2v) is 7.41. The number of carbonyl (C=O) groups excluding carboxylic acids is 1. The molecule has 2 atom stereocenters. The van der Waals surface area contributed by atoms with E-state index in [2.05, 4.69) is 5.32 Å². The number of aliphatic hydroxyl groups is 1. The van der Waals surface area contributed by atoms with E-state index in [1.54, 1.807) is 18.0 Å². The van der Waals surface area contributed by atoms with E-state index in [4.69, 9.17) is 0 Å². The summed E-state index contributed by atoms with van der Waals surface area (Å²) < 4.78 is 14.0. The highest BCUT2D eigenvalue weighted by Gasteiger charge is 2.46. The van der Waals surface area contributed by atoms with Crippen LogP contribution in [0.4, 0.5) is 9.18 Å². The summed E-state index contributed by atoms with van der Waals surface area (Å²) >= 11 is 0. The molecule has 0 aromatic heterocycles. The van der Waals surface area contributed by atoms with E-state index >= 15 is 0 Å². The molecule has 2 aliphatic carbocycles. The molecule has 2 N–H and O–H groups in total. The van der Waals surface area contributed by atoms with Gasteiger partial charge in [-0.25, -0.2) is 9.18 Å². The van der Waals surface area contributed by atoms with Gasteiger partial charge in [-0.2, -0.15) is 0 Å². The van der Waals surface area contributed by atoms with Crippen molar-refractivity contribution >= 4 is 6.03 Å². The summed E-state index contributed by atoms with van der Waals surface area (Å²) in [5, 5.41) is 13.0. The van der Waals surface area contributed by atoms with Gasteiger partial charge in [0.25, 0.3) is 0 Å². The van der Waals surface area contributed by atoms with E-state index in [0.29, 0.717) is 18.7 Å². The van der Waals surface area contributed by atoms with Crippen LogP contribution in [0.15, 0.2) is 24.3 Å². The number of urea groups is 1. The summed E-state index contributed by atoms with van der Waals surface area (Å²) in [7, 11) is 1.76. The Hall–Kier alpha value is -1.62. The molecule has 2 fully saturated rings. The van der Waals surface area contributed by atoms with Gasteiger partial charge in [-0.15, -0.1) is 0 Å². The van der Waals surface area contributed by atoms with Gasteiger partial charge in [0.05, 0.1) is 6.10 Å². The van der Waals surface area contributed by atoms with Crippen LogP contribution in [0, 0.1) is 11.7 Å². The predicted octanol–water partition coefficient (Wildman–Crippen LogP) is 3.05. The summed E-state index contributed by atoms with van der Waals surface area (Å²) in [4.78, 5) is 14.0. The molecule has 24 heavy (non-hydrogen) atoms. The minimum atomic E-state index is -0.304. The first-order chi connectivity index (χ1) is 11.5. The maximum Gasteiger partial charge on any atom is 0.317 e. The minimum Gasteiger partial charge on any atom is -0.393 e. The zero-order valence-corrected chi connectivity index (χ0v) is 14.3. The molecule has 0 bridgehead atoms. The van der Waals surface area contributed by atoms with E-state index < -0.39 is 0 Å². The Balaban J connectivity index is 1.53. The molecule has 0 radical (unpaired) electrons. The Morgan fingerprint density at radius 2 is 2.04 bits per heavy atom. The Morgan fingerprint density at radius 1 is 1.33 bits per heavy atom. The van der Waals surface area contributed by atoms with Crippen molar-refractivity contribution in [2.24, 2.45) is 5.92 Å². The predicted molar refractivity (Wildman–Crippen MR) is 91.3 cm³/mol. The van der Waals surface area contributed by atoms with Crippen molar-refractivity contribution < 1.29 is 14.3 Å². The van der Waals surface area contributed by atoms with E-state index in [1.165, 1.54) is 6.07 Å². The van der Waals surface area contributed by atoms with Gasteiger partial charge in [-0.1, -0.05) is 31.0 Å². The summed E-state index contributed by atoms with van der Waals surface area (Å²) in [6, 6.07) is 6.69. The lowest BCUT2D eigenvalue weighted by Crippen LogP contribution is -2.45. The quantitative estimate of drug-likeness (QED) is 0.869. The molecule has 0 saturated heterocycles. The van der Waals surface area contributed by atoms with Crippen LogP contribution < -0.4 is 5.32 Å². The summed E-state index contributed by atoms with van der Waals surface area (Å²) in [6.07, 6.45) is 5.49. The molecule has 0 heterocycles. The molecule has 0 aliphatic heterocycles. The van der Waals surface area contributed by atoms with Crippen LogP contribution >= 0.6 is 0 Å². The van der Waals surface area contributed by atoms with Gasteiger partial charge in [-0.3, -0.25) is 0 Å². The van der Waals surface area contributed by atoms with Crippen molar-refractivity contribution in [2.45, 2.75) is 50.0 Å². The lowest BCUT2D eigenvalue weighted by Gasteiger charge is -2.31. The molecule has 3 rings (SSSR count). The van der Waals surface area contributed by atoms with Crippen LogP contribution in [-0.2, 0) is 5.41 Å². The average Bonchev–Trinajstić information content (AvgIpc) is 3.36. The monoisotopic (exact) mass is 334 g/mol. The lowest BCUT2D eigenvalue weighted by molar-refractivity contribution is 0.0564. The third-order valence-electron chi connectivity index (χ3n) is 5.60. The second-order valence-electron chi connectivity index (χ2n) is 7.41. The third kappa shape index (κ3) is 3.72. The number of aliphatic hydroxyl groups excluding tert-OH is 1. The molecule has 2 amide bonds. The Kier molecular flexibility index (Phi) is 5.09. The van der Waals surface area contributed by atoms with Crippen LogP contribution in [0.1, 0.15) is 44.1 Å². The Morgan fingerprint density at radius 3 is 2.71 bits per heavy atom. The maximum atomic E-state index is 14.0. The number of carbonyl (C=O) groups is 1. The van der Waals surface area contributed by atoms with E-state index in [0.717, 1.165) is 38.5 Å². The van der Waals surface area contributed by atoms with Gasteiger partial charge in [0, 0.05) is 31.5 Å². The van der Waals surface area contributed by atoms with Crippen LogP contribution in [0.2, 0.25) is 0 Å². The zero-order chi connectivity index (χ0) is 17.2. The van der Waals surface area contributed by atoms with Crippen molar-refractivity contribution in [3.8, 4) is 0 Å². The summed E-state index contributed by atoms with van der Waals surface area (Å²) in [5.41, 5.74) is 0.460. The van der Waals surface area contributed by atoms with Gasteiger partial charge < -0.3 is 15.3 Å².